The van der Waals surface area contributed by atoms with E-state index in [1.165, 1.54) is 12.1 Å². The monoisotopic (exact) mass is 180 g/mol. The molecular formula is C8H8BNO3. The highest BCUT2D eigenvalue weighted by atomic mass is 16.5. The maximum atomic E-state index is 8.91. The van der Waals surface area contributed by atoms with Crippen molar-refractivity contribution >= 4 is 12.6 Å². The molecule has 5 heteroatoms. The summed E-state index contributed by atoms with van der Waals surface area (Å²) in [4.78, 5) is 0. The van der Waals surface area contributed by atoms with Crippen LogP contribution in [0.5, 0.6) is 5.75 Å². The van der Waals surface area contributed by atoms with Crippen molar-refractivity contribution in [2.45, 2.75) is 0 Å². The van der Waals surface area contributed by atoms with Crippen LogP contribution >= 0.6 is 0 Å². The van der Waals surface area contributed by atoms with Gasteiger partial charge in [0, 0.05) is 5.46 Å². The number of rotatable bonds is 2. The van der Waals surface area contributed by atoms with Gasteiger partial charge in [-0.1, -0.05) is 6.07 Å². The molecule has 0 atom stereocenters. The standard InChI is InChI=1S/C8H8BNO3/c1-13-7-2-3-8(9(11)12)6(4-7)5-10/h2-4,11-12H,1H3/i1D3. The molecule has 0 aliphatic carbocycles. The number of hydrogen-bond donors (Lipinski definition) is 2. The van der Waals surface area contributed by atoms with Gasteiger partial charge in [0.2, 0.25) is 0 Å². The highest BCUT2D eigenvalue weighted by Gasteiger charge is 2.15. The third-order valence-electron chi connectivity index (χ3n) is 1.54. The molecule has 1 aromatic carbocycles. The zero-order valence-corrected chi connectivity index (χ0v) is 6.56. The summed E-state index contributed by atoms with van der Waals surface area (Å²) in [7, 11) is -4.39. The summed E-state index contributed by atoms with van der Waals surface area (Å²) in [6.07, 6.45) is 0. The number of benzene rings is 1. The molecule has 2 N–H and O–H groups in total. The van der Waals surface area contributed by atoms with Crippen LogP contribution < -0.4 is 10.2 Å². The van der Waals surface area contributed by atoms with Crippen molar-refractivity contribution < 1.29 is 18.9 Å². The van der Waals surface area contributed by atoms with E-state index in [1.807, 2.05) is 0 Å². The molecule has 0 spiro atoms. The van der Waals surface area contributed by atoms with Crippen molar-refractivity contribution in [2.24, 2.45) is 0 Å². The van der Waals surface area contributed by atoms with Crippen molar-refractivity contribution in [3.05, 3.63) is 23.8 Å². The van der Waals surface area contributed by atoms with Crippen LogP contribution in [0.1, 0.15) is 9.68 Å². The highest BCUT2D eigenvalue weighted by Crippen LogP contribution is 2.10. The van der Waals surface area contributed by atoms with E-state index in [2.05, 4.69) is 4.74 Å². The second-order valence-corrected chi connectivity index (χ2v) is 2.34. The normalized spacial score (nSPS) is 13.5. The zero-order valence-electron chi connectivity index (χ0n) is 9.56. The number of nitriles is 1. The minimum Gasteiger partial charge on any atom is -0.497 e. The average Bonchev–Trinajstić information content (AvgIpc) is 2.14. The molecule has 0 aliphatic rings. The molecule has 13 heavy (non-hydrogen) atoms. The first-order valence-electron chi connectivity index (χ1n) is 4.92. The van der Waals surface area contributed by atoms with Crippen molar-refractivity contribution in [2.75, 3.05) is 7.04 Å². The SMILES string of the molecule is [2H]C([2H])([2H])Oc1ccc(B(O)O)c(C#N)c1. The van der Waals surface area contributed by atoms with Gasteiger partial charge in [-0.25, -0.2) is 0 Å². The van der Waals surface area contributed by atoms with Crippen molar-refractivity contribution in [1.29, 1.82) is 5.26 Å². The Balaban J connectivity index is 3.06. The average molecular weight is 180 g/mol. The van der Waals surface area contributed by atoms with Crippen LogP contribution in [0.25, 0.3) is 0 Å². The number of ether oxygens (including phenoxy) is 1. The second-order valence-electron chi connectivity index (χ2n) is 2.34. The fraction of sp³-hybridized carbons (Fsp3) is 0.125. The Morgan fingerprint density at radius 2 is 2.38 bits per heavy atom. The predicted molar refractivity (Wildman–Crippen MR) is 47.5 cm³/mol. The molecule has 0 fully saturated rings. The minimum atomic E-state index is -2.61. The topological polar surface area (TPSA) is 73.5 Å². The Morgan fingerprint density at radius 3 is 2.92 bits per heavy atom. The fourth-order valence-electron chi connectivity index (χ4n) is 0.921. The molecule has 1 rings (SSSR count). The minimum absolute atomic E-state index is 0.000363. The van der Waals surface area contributed by atoms with Gasteiger partial charge in [0.15, 0.2) is 0 Å². The predicted octanol–water partition coefficient (Wildman–Crippen LogP) is -0.753. The van der Waals surface area contributed by atoms with E-state index in [1.54, 1.807) is 6.07 Å². The summed E-state index contributed by atoms with van der Waals surface area (Å²) in [6, 6.07) is 5.34. The van der Waals surface area contributed by atoms with E-state index < -0.39 is 14.2 Å². The number of methoxy groups -OCH3 is 1. The summed E-state index contributed by atoms with van der Waals surface area (Å²) in [5, 5.41) is 26.5. The van der Waals surface area contributed by atoms with Crippen LogP contribution in [0.2, 0.25) is 0 Å². The Hall–Kier alpha value is -1.51. The Bertz CT molecular complexity index is 428. The lowest BCUT2D eigenvalue weighted by atomic mass is 9.77. The van der Waals surface area contributed by atoms with Crippen molar-refractivity contribution in [1.82, 2.24) is 0 Å². The van der Waals surface area contributed by atoms with Gasteiger partial charge in [-0.05, 0) is 12.1 Å². The van der Waals surface area contributed by atoms with E-state index >= 15 is 0 Å². The third-order valence-corrected chi connectivity index (χ3v) is 1.54. The quantitative estimate of drug-likeness (QED) is 0.587. The molecule has 0 bridgehead atoms. The Labute approximate surface area is 80.4 Å². The molecule has 66 valence electrons. The van der Waals surface area contributed by atoms with E-state index in [9.17, 15) is 0 Å². The van der Waals surface area contributed by atoms with Gasteiger partial charge in [0.1, 0.15) is 5.75 Å². The summed E-state index contributed by atoms with van der Waals surface area (Å²) in [5.74, 6) is -0.0269. The van der Waals surface area contributed by atoms with Crippen LogP contribution in [0, 0.1) is 11.3 Å². The number of hydrogen-bond acceptors (Lipinski definition) is 4. The smallest absolute Gasteiger partial charge is 0.489 e. The summed E-state index contributed by atoms with van der Waals surface area (Å²) < 4.78 is 25.2. The van der Waals surface area contributed by atoms with Crippen LogP contribution in [0.15, 0.2) is 18.2 Å². The molecule has 0 unspecified atom stereocenters. The van der Waals surface area contributed by atoms with Crippen LogP contribution in [-0.2, 0) is 0 Å². The first kappa shape index (κ1) is 6.03. The van der Waals surface area contributed by atoms with Gasteiger partial charge >= 0.3 is 7.12 Å². The van der Waals surface area contributed by atoms with Gasteiger partial charge in [-0.3, -0.25) is 0 Å². The molecule has 1 aromatic rings. The lowest BCUT2D eigenvalue weighted by Gasteiger charge is -2.04. The van der Waals surface area contributed by atoms with Gasteiger partial charge in [0.25, 0.3) is 0 Å². The van der Waals surface area contributed by atoms with Crippen LogP contribution in [0.3, 0.4) is 0 Å². The zero-order chi connectivity index (χ0) is 12.3. The molecule has 0 aliphatic heterocycles. The van der Waals surface area contributed by atoms with Gasteiger partial charge in [0.05, 0.1) is 22.8 Å². The summed E-state index contributed by atoms with van der Waals surface area (Å²) >= 11 is 0. The van der Waals surface area contributed by atoms with E-state index in [4.69, 9.17) is 19.4 Å². The third kappa shape index (κ3) is 1.99. The molecule has 0 aromatic heterocycles. The van der Waals surface area contributed by atoms with E-state index in [0.717, 1.165) is 6.07 Å². The Morgan fingerprint density at radius 1 is 1.62 bits per heavy atom. The van der Waals surface area contributed by atoms with E-state index in [0.29, 0.717) is 0 Å². The molecule has 0 saturated carbocycles. The van der Waals surface area contributed by atoms with Gasteiger partial charge in [-0.15, -0.1) is 0 Å². The van der Waals surface area contributed by atoms with E-state index in [-0.39, 0.29) is 16.8 Å². The fourth-order valence-corrected chi connectivity index (χ4v) is 0.921. The molecule has 0 saturated heterocycles. The first-order valence-corrected chi connectivity index (χ1v) is 3.42. The lowest BCUT2D eigenvalue weighted by molar-refractivity contribution is 0.414. The van der Waals surface area contributed by atoms with Crippen LogP contribution in [0.4, 0.5) is 0 Å². The largest absolute Gasteiger partial charge is 0.497 e. The molecule has 0 heterocycles. The molecule has 4 nitrogen and oxygen atoms in total. The van der Waals surface area contributed by atoms with Gasteiger partial charge in [-0.2, -0.15) is 5.26 Å². The maximum absolute atomic E-state index is 8.91. The summed E-state index contributed by atoms with van der Waals surface area (Å²) in [5.41, 5.74) is -0.0443. The summed E-state index contributed by atoms with van der Waals surface area (Å²) in [6.45, 7) is 0. The van der Waals surface area contributed by atoms with Gasteiger partial charge < -0.3 is 14.8 Å². The van der Waals surface area contributed by atoms with Crippen molar-refractivity contribution in [3.63, 3.8) is 0 Å². The maximum Gasteiger partial charge on any atom is 0.489 e. The van der Waals surface area contributed by atoms with Crippen LogP contribution in [-0.4, -0.2) is 24.2 Å². The first-order chi connectivity index (χ1) is 7.33. The Kier molecular flexibility index (Phi) is 1.83. The highest BCUT2D eigenvalue weighted by molar-refractivity contribution is 6.59. The second kappa shape index (κ2) is 3.94. The molecule has 0 amide bonds. The molecular weight excluding hydrogens is 169 g/mol. The lowest BCUT2D eigenvalue weighted by Crippen LogP contribution is -2.32. The van der Waals surface area contributed by atoms with Crippen molar-refractivity contribution in [3.8, 4) is 11.8 Å². The molecule has 0 radical (unpaired) electrons. The number of nitrogens with zero attached hydrogens (tertiary/aromatic N) is 1.